The summed E-state index contributed by atoms with van der Waals surface area (Å²) in [5.74, 6) is 0.517. The van der Waals surface area contributed by atoms with Gasteiger partial charge in [-0.3, -0.25) is 4.40 Å². The first-order valence-electron chi connectivity index (χ1n) is 6.80. The fraction of sp³-hybridized carbons (Fsp3) is 0.533. The molecule has 0 saturated carbocycles. The normalized spacial score (nSPS) is 13.4. The Balaban J connectivity index is 2.59. The minimum absolute atomic E-state index is 0.0658. The van der Waals surface area contributed by atoms with E-state index < -0.39 is 0 Å². The molecule has 0 bridgehead atoms. The van der Waals surface area contributed by atoms with Crippen molar-refractivity contribution in [1.82, 2.24) is 9.38 Å². The lowest BCUT2D eigenvalue weighted by molar-refractivity contribution is 0.395. The van der Waals surface area contributed by atoms with Gasteiger partial charge < -0.3 is 5.73 Å². The fourth-order valence-electron chi connectivity index (χ4n) is 2.80. The molecular formula is C15H23N3. The van der Waals surface area contributed by atoms with Crippen molar-refractivity contribution < 1.29 is 0 Å². The molecule has 2 rings (SSSR count). The summed E-state index contributed by atoms with van der Waals surface area (Å²) < 4.78 is 2.21. The van der Waals surface area contributed by atoms with E-state index in [-0.39, 0.29) is 6.04 Å². The number of hydrogen-bond acceptors (Lipinski definition) is 2. The zero-order chi connectivity index (χ0) is 13.3. The molecule has 2 aromatic heterocycles. The lowest BCUT2D eigenvalue weighted by Gasteiger charge is -2.22. The highest BCUT2D eigenvalue weighted by atomic mass is 15.0. The summed E-state index contributed by atoms with van der Waals surface area (Å²) in [6.45, 7) is 8.58. The van der Waals surface area contributed by atoms with Crippen molar-refractivity contribution in [3.63, 3.8) is 0 Å². The molecule has 2 heterocycles. The molecule has 0 spiro atoms. The van der Waals surface area contributed by atoms with Crippen LogP contribution in [-0.4, -0.2) is 9.38 Å². The molecular weight excluding hydrogens is 222 g/mol. The molecule has 0 amide bonds. The molecule has 0 aliphatic rings. The van der Waals surface area contributed by atoms with E-state index in [0.29, 0.717) is 5.92 Å². The summed E-state index contributed by atoms with van der Waals surface area (Å²) in [4.78, 5) is 4.63. The number of nitrogens with two attached hydrogens (primary N) is 1. The molecule has 2 N–H and O–H groups in total. The molecule has 0 aromatic carbocycles. The average molecular weight is 245 g/mol. The highest BCUT2D eigenvalue weighted by Gasteiger charge is 2.22. The molecule has 1 unspecified atom stereocenters. The van der Waals surface area contributed by atoms with Gasteiger partial charge in [0.05, 0.1) is 17.4 Å². The van der Waals surface area contributed by atoms with Crippen LogP contribution in [0.1, 0.15) is 49.8 Å². The number of fused-ring (bicyclic) bond motifs is 1. The van der Waals surface area contributed by atoms with E-state index >= 15 is 0 Å². The van der Waals surface area contributed by atoms with E-state index in [2.05, 4.69) is 43.1 Å². The van der Waals surface area contributed by atoms with Gasteiger partial charge in [-0.15, -0.1) is 0 Å². The maximum atomic E-state index is 6.48. The Bertz CT molecular complexity index is 538. The molecule has 0 radical (unpaired) electrons. The Hall–Kier alpha value is -1.35. The maximum absolute atomic E-state index is 6.48. The van der Waals surface area contributed by atoms with Crippen LogP contribution in [0.5, 0.6) is 0 Å². The number of rotatable bonds is 4. The Morgan fingerprint density at radius 3 is 2.50 bits per heavy atom. The summed E-state index contributed by atoms with van der Waals surface area (Å²) >= 11 is 0. The molecule has 0 aliphatic carbocycles. The van der Waals surface area contributed by atoms with Crippen LogP contribution in [0.3, 0.4) is 0 Å². The minimum Gasteiger partial charge on any atom is -0.322 e. The number of aromatic nitrogens is 2. The topological polar surface area (TPSA) is 43.3 Å². The molecule has 0 aliphatic heterocycles. The lowest BCUT2D eigenvalue weighted by atomic mass is 9.92. The van der Waals surface area contributed by atoms with E-state index in [4.69, 9.17) is 5.73 Å². The third-order valence-electron chi connectivity index (χ3n) is 3.93. The molecule has 0 fully saturated rings. The van der Waals surface area contributed by atoms with Crippen molar-refractivity contribution in [3.05, 3.63) is 35.3 Å². The van der Waals surface area contributed by atoms with Gasteiger partial charge in [0.1, 0.15) is 5.65 Å². The average Bonchev–Trinajstić information content (AvgIpc) is 2.68. The molecule has 3 nitrogen and oxygen atoms in total. The second kappa shape index (κ2) is 5.11. The van der Waals surface area contributed by atoms with Gasteiger partial charge in [0.15, 0.2) is 0 Å². The van der Waals surface area contributed by atoms with E-state index in [0.717, 1.165) is 24.2 Å². The maximum Gasteiger partial charge on any atom is 0.137 e. The zero-order valence-electron chi connectivity index (χ0n) is 11.8. The van der Waals surface area contributed by atoms with Crippen LogP contribution in [0, 0.1) is 19.8 Å². The largest absolute Gasteiger partial charge is 0.322 e. The third kappa shape index (κ3) is 2.03. The molecule has 18 heavy (non-hydrogen) atoms. The smallest absolute Gasteiger partial charge is 0.137 e. The quantitative estimate of drug-likeness (QED) is 0.897. The Labute approximate surface area is 109 Å². The van der Waals surface area contributed by atoms with Crippen molar-refractivity contribution in [2.45, 2.75) is 46.6 Å². The molecule has 0 saturated heterocycles. The van der Waals surface area contributed by atoms with Gasteiger partial charge in [0.2, 0.25) is 0 Å². The van der Waals surface area contributed by atoms with Crippen LogP contribution in [0.15, 0.2) is 18.2 Å². The van der Waals surface area contributed by atoms with Gasteiger partial charge in [-0.05, 0) is 31.9 Å². The van der Waals surface area contributed by atoms with Gasteiger partial charge in [-0.1, -0.05) is 32.8 Å². The summed E-state index contributed by atoms with van der Waals surface area (Å²) in [7, 11) is 0. The molecule has 2 aromatic rings. The van der Waals surface area contributed by atoms with E-state index in [1.54, 1.807) is 0 Å². The van der Waals surface area contributed by atoms with Crippen LogP contribution in [0.2, 0.25) is 0 Å². The molecule has 3 heteroatoms. The van der Waals surface area contributed by atoms with Gasteiger partial charge in [0.25, 0.3) is 0 Å². The van der Waals surface area contributed by atoms with Gasteiger partial charge in [-0.25, -0.2) is 4.98 Å². The van der Waals surface area contributed by atoms with Crippen molar-refractivity contribution in [2.75, 3.05) is 0 Å². The predicted molar refractivity (Wildman–Crippen MR) is 75.7 cm³/mol. The first-order valence-corrected chi connectivity index (χ1v) is 6.80. The highest BCUT2D eigenvalue weighted by molar-refractivity contribution is 5.45. The first kappa shape index (κ1) is 13.1. The van der Waals surface area contributed by atoms with E-state index in [9.17, 15) is 0 Å². The van der Waals surface area contributed by atoms with Crippen molar-refractivity contribution >= 4 is 5.65 Å². The van der Waals surface area contributed by atoms with Crippen LogP contribution in [0.25, 0.3) is 5.65 Å². The molecule has 1 atom stereocenters. The van der Waals surface area contributed by atoms with Gasteiger partial charge >= 0.3 is 0 Å². The van der Waals surface area contributed by atoms with E-state index in [1.807, 2.05) is 12.1 Å². The van der Waals surface area contributed by atoms with Crippen LogP contribution in [0.4, 0.5) is 0 Å². The van der Waals surface area contributed by atoms with Crippen LogP contribution < -0.4 is 5.73 Å². The number of hydrogen-bond donors (Lipinski definition) is 1. The summed E-state index contributed by atoms with van der Waals surface area (Å²) in [5, 5.41) is 0. The summed E-state index contributed by atoms with van der Waals surface area (Å²) in [6, 6.07) is 6.26. The number of aryl methyl sites for hydroxylation is 2. The number of pyridine rings is 1. The van der Waals surface area contributed by atoms with Gasteiger partial charge in [0, 0.05) is 5.69 Å². The summed E-state index contributed by atoms with van der Waals surface area (Å²) in [6.07, 6.45) is 2.21. The standard InChI is InChI=1S/C15H23N3/c1-5-12(6-2)14(16)15-11(4)17-13-9-7-8-10(3)18(13)15/h7-9,12,14H,5-6,16H2,1-4H3. The van der Waals surface area contributed by atoms with Crippen LogP contribution >= 0.6 is 0 Å². The van der Waals surface area contributed by atoms with Crippen molar-refractivity contribution in [1.29, 1.82) is 0 Å². The Morgan fingerprint density at radius 1 is 1.22 bits per heavy atom. The Morgan fingerprint density at radius 2 is 1.89 bits per heavy atom. The zero-order valence-corrected chi connectivity index (χ0v) is 11.8. The fourth-order valence-corrected chi connectivity index (χ4v) is 2.80. The second-order valence-electron chi connectivity index (χ2n) is 5.05. The lowest BCUT2D eigenvalue weighted by Crippen LogP contribution is -2.23. The SMILES string of the molecule is CCC(CC)C(N)c1c(C)nc2cccc(C)n12. The number of imidazole rings is 1. The monoisotopic (exact) mass is 245 g/mol. The van der Waals surface area contributed by atoms with E-state index in [1.165, 1.54) is 11.4 Å². The first-order chi connectivity index (χ1) is 8.60. The summed E-state index contributed by atoms with van der Waals surface area (Å²) in [5.41, 5.74) is 10.9. The van der Waals surface area contributed by atoms with Crippen LogP contribution in [-0.2, 0) is 0 Å². The second-order valence-corrected chi connectivity index (χ2v) is 5.05. The minimum atomic E-state index is 0.0658. The molecule has 98 valence electrons. The highest BCUT2D eigenvalue weighted by Crippen LogP contribution is 2.28. The number of nitrogens with zero attached hydrogens (tertiary/aromatic N) is 2. The third-order valence-corrected chi connectivity index (χ3v) is 3.93. The van der Waals surface area contributed by atoms with Crippen molar-refractivity contribution in [2.24, 2.45) is 11.7 Å². The van der Waals surface area contributed by atoms with Gasteiger partial charge in [-0.2, -0.15) is 0 Å². The van der Waals surface area contributed by atoms with Crippen molar-refractivity contribution in [3.8, 4) is 0 Å². The predicted octanol–water partition coefficient (Wildman–Crippen LogP) is 3.39. The Kier molecular flexibility index (Phi) is 3.71.